The van der Waals surface area contributed by atoms with Crippen molar-refractivity contribution < 1.29 is 14.3 Å². The van der Waals surface area contributed by atoms with Crippen LogP contribution in [-0.4, -0.2) is 43.0 Å². The van der Waals surface area contributed by atoms with Gasteiger partial charge in [-0.3, -0.25) is 9.69 Å². The Bertz CT molecular complexity index is 485. The summed E-state index contributed by atoms with van der Waals surface area (Å²) in [5, 5.41) is 2.82. The Morgan fingerprint density at radius 2 is 1.70 bits per heavy atom. The topological polar surface area (TPSA) is 58.6 Å². The molecule has 0 saturated carbocycles. The van der Waals surface area contributed by atoms with Gasteiger partial charge < -0.3 is 10.1 Å². The molecule has 0 bridgehead atoms. The van der Waals surface area contributed by atoms with Gasteiger partial charge >= 0.3 is 5.97 Å². The highest BCUT2D eigenvalue weighted by Crippen LogP contribution is 2.11. The molecule has 0 radical (unpaired) electrons. The molecule has 1 aromatic rings. The quantitative estimate of drug-likeness (QED) is 0.737. The van der Waals surface area contributed by atoms with Crippen molar-refractivity contribution in [3.8, 4) is 0 Å². The normalized spacial score (nSPS) is 10.3. The van der Waals surface area contributed by atoms with E-state index in [4.69, 9.17) is 4.74 Å². The van der Waals surface area contributed by atoms with Crippen LogP contribution in [0.25, 0.3) is 0 Å². The Kier molecular flexibility index (Phi) is 10.3. The summed E-state index contributed by atoms with van der Waals surface area (Å²) in [7, 11) is 0. The second-order valence-corrected chi connectivity index (χ2v) is 5.58. The van der Waals surface area contributed by atoms with E-state index in [0.29, 0.717) is 30.3 Å². The lowest BCUT2D eigenvalue weighted by Gasteiger charge is -2.17. The monoisotopic (exact) mass is 342 g/mol. The van der Waals surface area contributed by atoms with Gasteiger partial charge in [0.2, 0.25) is 5.91 Å². The molecule has 1 amide bonds. The Morgan fingerprint density at radius 1 is 1.13 bits per heavy atom. The van der Waals surface area contributed by atoms with E-state index < -0.39 is 0 Å². The lowest BCUT2D eigenvalue weighted by atomic mass is 10.2. The van der Waals surface area contributed by atoms with E-state index in [1.54, 1.807) is 24.3 Å². The number of nitrogens with zero attached hydrogens (tertiary/aromatic N) is 1. The van der Waals surface area contributed by atoms with Crippen molar-refractivity contribution in [2.45, 2.75) is 27.7 Å². The van der Waals surface area contributed by atoms with E-state index in [0.717, 1.165) is 13.1 Å². The summed E-state index contributed by atoms with van der Waals surface area (Å²) in [5.74, 6) is -0.0869. The Balaban J connectivity index is 0.00000484. The zero-order valence-corrected chi connectivity index (χ0v) is 15.1. The zero-order valence-electron chi connectivity index (χ0n) is 14.3. The van der Waals surface area contributed by atoms with Crippen LogP contribution in [0.4, 0.5) is 5.69 Å². The van der Waals surface area contributed by atoms with Crippen LogP contribution >= 0.6 is 12.4 Å². The molecule has 5 nitrogen and oxygen atoms in total. The molecule has 1 rings (SSSR count). The van der Waals surface area contributed by atoms with Gasteiger partial charge in [-0.05, 0) is 43.3 Å². The number of esters is 1. The van der Waals surface area contributed by atoms with Gasteiger partial charge in [0.1, 0.15) is 0 Å². The number of carbonyl (C=O) groups is 2. The largest absolute Gasteiger partial charge is 0.462 e. The highest BCUT2D eigenvalue weighted by molar-refractivity contribution is 5.94. The van der Waals surface area contributed by atoms with Gasteiger partial charge in [-0.15, -0.1) is 12.4 Å². The minimum atomic E-state index is -0.338. The highest BCUT2D eigenvalue weighted by atomic mass is 35.5. The summed E-state index contributed by atoms with van der Waals surface area (Å²) >= 11 is 0. The molecule has 1 N–H and O–H groups in total. The minimum absolute atomic E-state index is 0. The first-order valence-corrected chi connectivity index (χ1v) is 7.75. The third kappa shape index (κ3) is 8.00. The molecular formula is C17H27ClN2O3. The lowest BCUT2D eigenvalue weighted by molar-refractivity contribution is -0.117. The summed E-state index contributed by atoms with van der Waals surface area (Å²) in [6, 6.07) is 6.75. The second-order valence-electron chi connectivity index (χ2n) is 5.58. The number of hydrogen-bond donors (Lipinski definition) is 1. The van der Waals surface area contributed by atoms with Crippen molar-refractivity contribution in [3.05, 3.63) is 29.8 Å². The average Bonchev–Trinajstić information content (AvgIpc) is 2.50. The van der Waals surface area contributed by atoms with Crippen molar-refractivity contribution in [1.29, 1.82) is 0 Å². The number of benzene rings is 1. The van der Waals surface area contributed by atoms with Gasteiger partial charge in [0.25, 0.3) is 0 Å². The minimum Gasteiger partial charge on any atom is -0.462 e. The van der Waals surface area contributed by atoms with E-state index >= 15 is 0 Å². The molecule has 0 heterocycles. The first-order chi connectivity index (χ1) is 10.5. The molecule has 6 heteroatoms. The number of halogens is 1. The van der Waals surface area contributed by atoms with Crippen LogP contribution in [0.5, 0.6) is 0 Å². The van der Waals surface area contributed by atoms with E-state index in [9.17, 15) is 9.59 Å². The third-order valence-corrected chi connectivity index (χ3v) is 3.21. The maximum absolute atomic E-state index is 11.9. The van der Waals surface area contributed by atoms with Crippen molar-refractivity contribution in [2.24, 2.45) is 5.92 Å². The van der Waals surface area contributed by atoms with Gasteiger partial charge in [-0.25, -0.2) is 4.79 Å². The third-order valence-electron chi connectivity index (χ3n) is 3.21. The number of rotatable bonds is 8. The van der Waals surface area contributed by atoms with Crippen molar-refractivity contribution >= 4 is 30.0 Å². The second kappa shape index (κ2) is 11.0. The molecule has 0 unspecified atom stereocenters. The fraction of sp³-hybridized carbons (Fsp3) is 0.529. The predicted octanol–water partition coefficient (Wildman–Crippen LogP) is 3.20. The molecule has 0 aromatic heterocycles. The van der Waals surface area contributed by atoms with Crippen molar-refractivity contribution in [3.63, 3.8) is 0 Å². The molecule has 0 spiro atoms. The number of anilines is 1. The van der Waals surface area contributed by atoms with E-state index in [1.165, 1.54) is 0 Å². The molecule has 130 valence electrons. The summed E-state index contributed by atoms with van der Waals surface area (Å²) < 4.78 is 5.16. The molecule has 23 heavy (non-hydrogen) atoms. The van der Waals surface area contributed by atoms with Crippen LogP contribution in [0, 0.1) is 5.92 Å². The van der Waals surface area contributed by atoms with Crippen LogP contribution in [0.1, 0.15) is 38.1 Å². The van der Waals surface area contributed by atoms with E-state index in [1.807, 2.05) is 32.6 Å². The molecule has 0 fully saturated rings. The summed E-state index contributed by atoms with van der Waals surface area (Å²) in [4.78, 5) is 25.7. The van der Waals surface area contributed by atoms with Crippen LogP contribution in [0.3, 0.4) is 0 Å². The van der Waals surface area contributed by atoms with Gasteiger partial charge in [0.15, 0.2) is 0 Å². The number of amides is 1. The molecule has 1 aromatic carbocycles. The van der Waals surface area contributed by atoms with Crippen molar-refractivity contribution in [1.82, 2.24) is 4.90 Å². The predicted molar refractivity (Wildman–Crippen MR) is 95.2 cm³/mol. The van der Waals surface area contributed by atoms with E-state index in [-0.39, 0.29) is 24.3 Å². The summed E-state index contributed by atoms with van der Waals surface area (Å²) in [6.45, 7) is 10.5. The van der Waals surface area contributed by atoms with Crippen LogP contribution in [0.15, 0.2) is 24.3 Å². The summed E-state index contributed by atoms with van der Waals surface area (Å²) in [6.07, 6.45) is 0. The highest BCUT2D eigenvalue weighted by Gasteiger charge is 2.10. The van der Waals surface area contributed by atoms with Crippen molar-refractivity contribution in [2.75, 3.05) is 31.6 Å². The number of ether oxygens (including phenoxy) is 1. The smallest absolute Gasteiger partial charge is 0.338 e. The van der Waals surface area contributed by atoms with Crippen LogP contribution in [-0.2, 0) is 9.53 Å². The lowest BCUT2D eigenvalue weighted by Crippen LogP contribution is -2.32. The SMILES string of the molecule is CCN(CC)CC(=O)Nc1ccc(C(=O)OCC(C)C)cc1.Cl. The molecular weight excluding hydrogens is 316 g/mol. The first kappa shape index (κ1) is 21.4. The molecule has 0 aliphatic rings. The van der Waals surface area contributed by atoms with Crippen LogP contribution < -0.4 is 5.32 Å². The van der Waals surface area contributed by atoms with Gasteiger partial charge in [0, 0.05) is 5.69 Å². The number of likely N-dealkylation sites (N-methyl/N-ethyl adjacent to an activating group) is 1. The number of hydrogen-bond acceptors (Lipinski definition) is 4. The number of carbonyl (C=O) groups excluding carboxylic acids is 2. The fourth-order valence-electron chi connectivity index (χ4n) is 1.87. The van der Waals surface area contributed by atoms with Gasteiger partial charge in [-0.1, -0.05) is 27.7 Å². The number of nitrogens with one attached hydrogen (secondary N) is 1. The molecule has 0 aliphatic heterocycles. The van der Waals surface area contributed by atoms with Gasteiger partial charge in [0.05, 0.1) is 18.7 Å². The average molecular weight is 343 g/mol. The first-order valence-electron chi connectivity index (χ1n) is 7.75. The Morgan fingerprint density at radius 3 is 2.17 bits per heavy atom. The van der Waals surface area contributed by atoms with Gasteiger partial charge in [-0.2, -0.15) is 0 Å². The van der Waals surface area contributed by atoms with E-state index in [2.05, 4.69) is 5.32 Å². The molecule has 0 saturated heterocycles. The maximum atomic E-state index is 11.9. The maximum Gasteiger partial charge on any atom is 0.338 e. The Labute approximate surface area is 144 Å². The zero-order chi connectivity index (χ0) is 16.5. The van der Waals surface area contributed by atoms with Crippen LogP contribution in [0.2, 0.25) is 0 Å². The standard InChI is InChI=1S/C17H26N2O3.ClH/c1-5-19(6-2)11-16(20)18-15-9-7-14(8-10-15)17(21)22-12-13(3)4;/h7-10,13H,5-6,11-12H2,1-4H3,(H,18,20);1H. The Hall–Kier alpha value is -1.59. The summed E-state index contributed by atoms with van der Waals surface area (Å²) in [5.41, 5.74) is 1.17. The molecule has 0 aliphatic carbocycles. The molecule has 0 atom stereocenters. The fourth-order valence-corrected chi connectivity index (χ4v) is 1.87.